The van der Waals surface area contributed by atoms with Gasteiger partial charge < -0.3 is 9.42 Å². The van der Waals surface area contributed by atoms with Crippen molar-refractivity contribution in [3.05, 3.63) is 69.5 Å². The molecule has 0 N–H and O–H groups in total. The van der Waals surface area contributed by atoms with E-state index in [9.17, 15) is 4.79 Å². The second kappa shape index (κ2) is 7.27. The second-order valence-corrected chi connectivity index (χ2v) is 7.88. The molecule has 1 aliphatic heterocycles. The summed E-state index contributed by atoms with van der Waals surface area (Å²) in [6, 6.07) is 13.9. The van der Waals surface area contributed by atoms with Crippen LogP contribution in [0.3, 0.4) is 0 Å². The summed E-state index contributed by atoms with van der Waals surface area (Å²) in [5, 5.41) is 4.15. The monoisotopic (exact) mass is 425 g/mol. The Balaban J connectivity index is 1.59. The molecule has 3 aromatic rings. The van der Waals surface area contributed by atoms with Crippen LogP contribution in [0.2, 0.25) is 0 Å². The molecular weight excluding hydrogens is 406 g/mol. The molecule has 1 aromatic heterocycles. The first kappa shape index (κ1) is 17.9. The lowest BCUT2D eigenvalue weighted by atomic mass is 10.1. The van der Waals surface area contributed by atoms with E-state index in [0.717, 1.165) is 15.6 Å². The number of carbonyl (C=O) groups excluding carboxylic acids is 1. The van der Waals surface area contributed by atoms with Crippen LogP contribution >= 0.6 is 15.9 Å². The zero-order valence-electron chi connectivity index (χ0n) is 15.3. The van der Waals surface area contributed by atoms with E-state index in [-0.39, 0.29) is 11.9 Å². The van der Waals surface area contributed by atoms with Gasteiger partial charge in [-0.2, -0.15) is 4.98 Å². The van der Waals surface area contributed by atoms with Gasteiger partial charge in [-0.1, -0.05) is 45.4 Å². The molecule has 1 aliphatic rings. The maximum Gasteiger partial charge on any atom is 0.249 e. The van der Waals surface area contributed by atoms with Gasteiger partial charge >= 0.3 is 0 Å². The molecule has 27 heavy (non-hydrogen) atoms. The third-order valence-corrected chi connectivity index (χ3v) is 5.56. The molecule has 6 heteroatoms. The van der Waals surface area contributed by atoms with Crippen LogP contribution in [-0.2, 0) is 11.3 Å². The summed E-state index contributed by atoms with van der Waals surface area (Å²) in [5.41, 5.74) is 4.41. The van der Waals surface area contributed by atoms with Crippen molar-refractivity contribution < 1.29 is 9.32 Å². The highest BCUT2D eigenvalue weighted by Gasteiger charge is 2.36. The van der Waals surface area contributed by atoms with Crippen LogP contribution in [-0.4, -0.2) is 20.9 Å². The number of hydrogen-bond donors (Lipinski definition) is 0. The van der Waals surface area contributed by atoms with Crippen LogP contribution < -0.4 is 0 Å². The molecular formula is C21H20BrN3O2. The molecule has 2 aromatic carbocycles. The average molecular weight is 426 g/mol. The standard InChI is InChI=1S/C21H20BrN3O2/c1-13-6-7-16(10-14(13)2)20-23-21(27-24-20)18-8-9-19(26)25(18)12-15-4-3-5-17(22)11-15/h3-7,10-11,18H,8-9,12H2,1-2H3. The van der Waals surface area contributed by atoms with Gasteiger partial charge in [-0.05, 0) is 55.2 Å². The Hall–Kier alpha value is -2.47. The van der Waals surface area contributed by atoms with E-state index in [1.54, 1.807) is 0 Å². The molecule has 138 valence electrons. The third kappa shape index (κ3) is 3.67. The average Bonchev–Trinajstić information content (AvgIpc) is 3.25. The van der Waals surface area contributed by atoms with Gasteiger partial charge in [0.25, 0.3) is 0 Å². The van der Waals surface area contributed by atoms with Gasteiger partial charge in [-0.3, -0.25) is 4.79 Å². The Morgan fingerprint density at radius 2 is 2.04 bits per heavy atom. The van der Waals surface area contributed by atoms with Crippen molar-refractivity contribution in [1.29, 1.82) is 0 Å². The van der Waals surface area contributed by atoms with Gasteiger partial charge in [-0.15, -0.1) is 0 Å². The molecule has 1 amide bonds. The van der Waals surface area contributed by atoms with E-state index in [1.807, 2.05) is 35.2 Å². The van der Waals surface area contributed by atoms with Crippen molar-refractivity contribution in [2.45, 2.75) is 39.3 Å². The number of halogens is 1. The summed E-state index contributed by atoms with van der Waals surface area (Å²) >= 11 is 3.48. The first-order valence-corrected chi connectivity index (χ1v) is 9.76. The topological polar surface area (TPSA) is 59.2 Å². The minimum atomic E-state index is -0.177. The molecule has 0 radical (unpaired) electrons. The lowest BCUT2D eigenvalue weighted by molar-refractivity contribution is -0.129. The van der Waals surface area contributed by atoms with Gasteiger partial charge in [0.2, 0.25) is 17.6 Å². The number of amides is 1. The van der Waals surface area contributed by atoms with Gasteiger partial charge in [0.05, 0.1) is 0 Å². The first-order valence-electron chi connectivity index (χ1n) is 8.96. The molecule has 1 atom stereocenters. The zero-order chi connectivity index (χ0) is 19.0. The quantitative estimate of drug-likeness (QED) is 0.591. The molecule has 0 saturated carbocycles. The Kier molecular flexibility index (Phi) is 4.83. The van der Waals surface area contributed by atoms with E-state index < -0.39 is 0 Å². The van der Waals surface area contributed by atoms with Gasteiger partial charge in [0.1, 0.15) is 6.04 Å². The SMILES string of the molecule is Cc1ccc(-c2noc(C3CCC(=O)N3Cc3cccc(Br)c3)n2)cc1C. The summed E-state index contributed by atoms with van der Waals surface area (Å²) in [4.78, 5) is 18.9. The number of benzene rings is 2. The molecule has 2 heterocycles. The minimum Gasteiger partial charge on any atom is -0.337 e. The number of aryl methyl sites for hydroxylation is 2. The van der Waals surface area contributed by atoms with Crippen LogP contribution in [0, 0.1) is 13.8 Å². The Bertz CT molecular complexity index is 999. The number of aromatic nitrogens is 2. The van der Waals surface area contributed by atoms with Crippen LogP contribution in [0.25, 0.3) is 11.4 Å². The Morgan fingerprint density at radius 1 is 1.19 bits per heavy atom. The minimum absolute atomic E-state index is 0.117. The predicted molar refractivity (Wildman–Crippen MR) is 106 cm³/mol. The van der Waals surface area contributed by atoms with Crippen molar-refractivity contribution in [3.8, 4) is 11.4 Å². The number of rotatable bonds is 4. The fourth-order valence-corrected chi connectivity index (χ4v) is 3.84. The van der Waals surface area contributed by atoms with Crippen LogP contribution in [0.5, 0.6) is 0 Å². The van der Waals surface area contributed by atoms with E-state index in [1.165, 1.54) is 11.1 Å². The highest BCUT2D eigenvalue weighted by atomic mass is 79.9. The van der Waals surface area contributed by atoms with Crippen molar-refractivity contribution >= 4 is 21.8 Å². The molecule has 0 spiro atoms. The van der Waals surface area contributed by atoms with Gasteiger partial charge in [0.15, 0.2) is 0 Å². The molecule has 1 saturated heterocycles. The first-order chi connectivity index (χ1) is 13.0. The van der Waals surface area contributed by atoms with Crippen LogP contribution in [0.4, 0.5) is 0 Å². The van der Waals surface area contributed by atoms with E-state index >= 15 is 0 Å². The van der Waals surface area contributed by atoms with Crippen molar-refractivity contribution in [1.82, 2.24) is 15.0 Å². The fourth-order valence-electron chi connectivity index (χ4n) is 3.39. The summed E-state index contributed by atoms with van der Waals surface area (Å²) in [6.45, 7) is 4.67. The fraction of sp³-hybridized carbons (Fsp3) is 0.286. The lowest BCUT2D eigenvalue weighted by Crippen LogP contribution is -2.27. The maximum absolute atomic E-state index is 12.4. The molecule has 0 bridgehead atoms. The van der Waals surface area contributed by atoms with Crippen molar-refractivity contribution in [2.75, 3.05) is 0 Å². The Labute approximate surface area is 166 Å². The molecule has 1 unspecified atom stereocenters. The van der Waals surface area contributed by atoms with Crippen molar-refractivity contribution in [3.63, 3.8) is 0 Å². The van der Waals surface area contributed by atoms with Crippen LogP contribution in [0.1, 0.15) is 41.5 Å². The normalized spacial score (nSPS) is 16.9. The Morgan fingerprint density at radius 3 is 2.81 bits per heavy atom. The number of hydrogen-bond acceptors (Lipinski definition) is 4. The summed E-state index contributed by atoms with van der Waals surface area (Å²) in [5.74, 6) is 1.19. The lowest BCUT2D eigenvalue weighted by Gasteiger charge is -2.22. The summed E-state index contributed by atoms with van der Waals surface area (Å²) < 4.78 is 6.55. The number of nitrogens with zero attached hydrogens (tertiary/aromatic N) is 3. The van der Waals surface area contributed by atoms with Crippen molar-refractivity contribution in [2.24, 2.45) is 0 Å². The highest BCUT2D eigenvalue weighted by molar-refractivity contribution is 9.10. The zero-order valence-corrected chi connectivity index (χ0v) is 16.9. The van der Waals surface area contributed by atoms with E-state index in [4.69, 9.17) is 4.52 Å². The van der Waals surface area contributed by atoms with Gasteiger partial charge in [-0.25, -0.2) is 0 Å². The molecule has 0 aliphatic carbocycles. The maximum atomic E-state index is 12.4. The molecule has 1 fully saturated rings. The van der Waals surface area contributed by atoms with Gasteiger partial charge in [0, 0.05) is 23.0 Å². The van der Waals surface area contributed by atoms with E-state index in [0.29, 0.717) is 31.1 Å². The molecule has 5 nitrogen and oxygen atoms in total. The molecule has 4 rings (SSSR count). The smallest absolute Gasteiger partial charge is 0.249 e. The van der Waals surface area contributed by atoms with Crippen LogP contribution in [0.15, 0.2) is 51.5 Å². The van der Waals surface area contributed by atoms with E-state index in [2.05, 4.69) is 52.1 Å². The highest BCUT2D eigenvalue weighted by Crippen LogP contribution is 2.34. The predicted octanol–water partition coefficient (Wildman–Crippen LogP) is 4.98. The number of carbonyl (C=O) groups is 1. The third-order valence-electron chi connectivity index (χ3n) is 5.06. The second-order valence-electron chi connectivity index (χ2n) is 6.96. The largest absolute Gasteiger partial charge is 0.337 e. The number of likely N-dealkylation sites (tertiary alicyclic amines) is 1. The summed E-state index contributed by atoms with van der Waals surface area (Å²) in [7, 11) is 0. The summed E-state index contributed by atoms with van der Waals surface area (Å²) in [6.07, 6.45) is 1.20.